The fourth-order valence-corrected chi connectivity index (χ4v) is 3.61. The Bertz CT molecular complexity index is 846. The van der Waals surface area contributed by atoms with Gasteiger partial charge in [0, 0.05) is 5.56 Å². The molecule has 140 valence electrons. The van der Waals surface area contributed by atoms with Gasteiger partial charge in [0.15, 0.2) is 16.9 Å². The van der Waals surface area contributed by atoms with Crippen LogP contribution in [-0.2, 0) is 12.8 Å². The zero-order chi connectivity index (χ0) is 19.3. The molecule has 4 nitrogen and oxygen atoms in total. The Kier molecular flexibility index (Phi) is 6.98. The van der Waals surface area contributed by atoms with E-state index in [1.54, 1.807) is 27.4 Å². The first kappa shape index (κ1) is 20.2. The van der Waals surface area contributed by atoms with Gasteiger partial charge in [0.1, 0.15) is 0 Å². The van der Waals surface area contributed by atoms with Gasteiger partial charge in [0.25, 0.3) is 0 Å². The molecule has 2 aromatic rings. The van der Waals surface area contributed by atoms with Gasteiger partial charge in [-0.05, 0) is 54.0 Å². The first-order valence-electron chi connectivity index (χ1n) is 8.59. The second-order valence-electron chi connectivity index (χ2n) is 5.74. The molecule has 0 N–H and O–H groups in total. The third-order valence-electron chi connectivity index (χ3n) is 4.46. The Morgan fingerprint density at radius 3 is 2.04 bits per heavy atom. The van der Waals surface area contributed by atoms with Crippen LogP contribution in [0.5, 0.6) is 17.2 Å². The van der Waals surface area contributed by atoms with Crippen LogP contribution in [0.3, 0.4) is 0 Å². The van der Waals surface area contributed by atoms with Crippen molar-refractivity contribution in [3.8, 4) is 28.4 Å². The van der Waals surface area contributed by atoms with Crippen molar-refractivity contribution in [2.24, 2.45) is 0 Å². The van der Waals surface area contributed by atoms with Crippen LogP contribution in [0, 0.1) is 0 Å². The van der Waals surface area contributed by atoms with Crippen molar-refractivity contribution < 1.29 is 14.2 Å². The number of thioether (sulfide) groups is 1. The molecule has 0 unspecified atom stereocenters. The molecule has 0 amide bonds. The SMILES string of the molecule is CCc1cc(=O)c(SC)ccc1-c1c(CC)cc(OC)c(OC)c1OC. The van der Waals surface area contributed by atoms with Gasteiger partial charge in [-0.3, -0.25) is 4.79 Å². The van der Waals surface area contributed by atoms with Gasteiger partial charge in [-0.1, -0.05) is 19.9 Å². The van der Waals surface area contributed by atoms with Crippen molar-refractivity contribution in [3.63, 3.8) is 0 Å². The Morgan fingerprint density at radius 1 is 0.885 bits per heavy atom. The molecule has 2 rings (SSSR count). The molecule has 0 aliphatic carbocycles. The van der Waals surface area contributed by atoms with Crippen molar-refractivity contribution in [2.75, 3.05) is 27.6 Å². The van der Waals surface area contributed by atoms with E-state index in [4.69, 9.17) is 14.2 Å². The molecule has 0 fully saturated rings. The van der Waals surface area contributed by atoms with Crippen LogP contribution in [0.25, 0.3) is 11.1 Å². The van der Waals surface area contributed by atoms with E-state index in [9.17, 15) is 4.79 Å². The fraction of sp³-hybridized carbons (Fsp3) is 0.381. The van der Waals surface area contributed by atoms with E-state index in [0.717, 1.165) is 40.0 Å². The summed E-state index contributed by atoms with van der Waals surface area (Å²) >= 11 is 1.46. The second-order valence-corrected chi connectivity index (χ2v) is 6.58. The lowest BCUT2D eigenvalue weighted by Crippen LogP contribution is -2.02. The maximum Gasteiger partial charge on any atom is 0.203 e. The normalized spacial score (nSPS) is 10.5. The summed E-state index contributed by atoms with van der Waals surface area (Å²) in [5, 5.41) is 0. The molecule has 0 radical (unpaired) electrons. The molecule has 0 aliphatic heterocycles. The summed E-state index contributed by atoms with van der Waals surface area (Å²) < 4.78 is 16.8. The predicted molar refractivity (Wildman–Crippen MR) is 108 cm³/mol. The number of methoxy groups -OCH3 is 3. The van der Waals surface area contributed by atoms with Crippen molar-refractivity contribution >= 4 is 11.8 Å². The van der Waals surface area contributed by atoms with Gasteiger partial charge >= 0.3 is 0 Å². The van der Waals surface area contributed by atoms with Crippen molar-refractivity contribution in [1.29, 1.82) is 0 Å². The second kappa shape index (κ2) is 8.99. The van der Waals surface area contributed by atoms with Gasteiger partial charge in [-0.25, -0.2) is 0 Å². The lowest BCUT2D eigenvalue weighted by atomic mass is 9.93. The van der Waals surface area contributed by atoms with Gasteiger partial charge < -0.3 is 14.2 Å². The van der Waals surface area contributed by atoms with E-state index < -0.39 is 0 Å². The van der Waals surface area contributed by atoms with E-state index in [-0.39, 0.29) is 5.43 Å². The number of rotatable bonds is 7. The van der Waals surface area contributed by atoms with Crippen molar-refractivity contribution in [3.05, 3.63) is 45.6 Å². The van der Waals surface area contributed by atoms with Crippen LogP contribution in [0.15, 0.2) is 34.0 Å². The van der Waals surface area contributed by atoms with Crippen LogP contribution < -0.4 is 19.6 Å². The summed E-state index contributed by atoms with van der Waals surface area (Å²) in [5.74, 6) is 1.82. The Morgan fingerprint density at radius 2 is 1.54 bits per heavy atom. The molecule has 0 aliphatic rings. The Hall–Kier alpha value is -2.14. The van der Waals surface area contributed by atoms with Crippen molar-refractivity contribution in [1.82, 2.24) is 0 Å². The van der Waals surface area contributed by atoms with Crippen molar-refractivity contribution in [2.45, 2.75) is 31.6 Å². The number of hydrogen-bond acceptors (Lipinski definition) is 5. The number of hydrogen-bond donors (Lipinski definition) is 0. The molecular formula is C21H26O4S. The molecular weight excluding hydrogens is 348 g/mol. The minimum atomic E-state index is 0.0399. The minimum Gasteiger partial charge on any atom is -0.493 e. The monoisotopic (exact) mass is 374 g/mol. The first-order chi connectivity index (χ1) is 12.6. The molecule has 26 heavy (non-hydrogen) atoms. The lowest BCUT2D eigenvalue weighted by molar-refractivity contribution is 0.324. The molecule has 5 heteroatoms. The average Bonchev–Trinajstić information content (AvgIpc) is 2.83. The molecule has 0 heterocycles. The quantitative estimate of drug-likeness (QED) is 0.664. The molecule has 0 aromatic heterocycles. The van der Waals surface area contributed by atoms with E-state index in [1.165, 1.54) is 11.8 Å². The minimum absolute atomic E-state index is 0.0399. The molecule has 0 saturated carbocycles. The number of benzene rings is 1. The highest BCUT2D eigenvalue weighted by Crippen LogP contribution is 2.47. The topological polar surface area (TPSA) is 44.8 Å². The van der Waals surface area contributed by atoms with Gasteiger partial charge in [-0.2, -0.15) is 0 Å². The third kappa shape index (κ3) is 3.68. The standard InChI is InChI=1S/C21H26O4S/c1-7-13-11-16(22)18(26-6)10-9-15(13)19-14(8-2)12-17(23-3)20(24-4)21(19)25-5/h9-12H,7-8H2,1-6H3. The van der Waals surface area contributed by atoms with Crippen LogP contribution >= 0.6 is 11.8 Å². The maximum atomic E-state index is 12.4. The highest BCUT2D eigenvalue weighted by molar-refractivity contribution is 7.98. The highest BCUT2D eigenvalue weighted by Gasteiger charge is 2.22. The van der Waals surface area contributed by atoms with Gasteiger partial charge in [0.05, 0.1) is 26.2 Å². The number of ether oxygens (including phenoxy) is 3. The Balaban J connectivity index is 2.96. The van der Waals surface area contributed by atoms with E-state index in [0.29, 0.717) is 17.2 Å². The lowest BCUT2D eigenvalue weighted by Gasteiger charge is -2.20. The Labute approximate surface area is 159 Å². The zero-order valence-electron chi connectivity index (χ0n) is 16.3. The smallest absolute Gasteiger partial charge is 0.203 e. The van der Waals surface area contributed by atoms with E-state index >= 15 is 0 Å². The van der Waals surface area contributed by atoms with Crippen LogP contribution in [-0.4, -0.2) is 27.6 Å². The fourth-order valence-electron chi connectivity index (χ4n) is 3.14. The van der Waals surface area contributed by atoms with E-state index in [2.05, 4.69) is 13.8 Å². The average molecular weight is 375 g/mol. The molecule has 0 saturated heterocycles. The molecule has 0 spiro atoms. The summed E-state index contributed by atoms with van der Waals surface area (Å²) in [7, 11) is 4.84. The highest BCUT2D eigenvalue weighted by atomic mass is 32.2. The van der Waals surface area contributed by atoms with Gasteiger partial charge in [-0.15, -0.1) is 11.8 Å². The van der Waals surface area contributed by atoms with Crippen LogP contribution in [0.1, 0.15) is 25.0 Å². The summed E-state index contributed by atoms with van der Waals surface area (Å²) in [5.41, 5.74) is 4.04. The predicted octanol–water partition coefficient (Wildman–Crippen LogP) is 4.59. The summed E-state index contributed by atoms with van der Waals surface area (Å²) in [6.07, 6.45) is 3.46. The summed E-state index contributed by atoms with van der Waals surface area (Å²) in [4.78, 5) is 13.2. The molecule has 0 bridgehead atoms. The van der Waals surface area contributed by atoms with Crippen LogP contribution in [0.4, 0.5) is 0 Å². The third-order valence-corrected chi connectivity index (χ3v) is 5.24. The molecule has 0 atom stereocenters. The summed E-state index contributed by atoms with van der Waals surface area (Å²) in [6.45, 7) is 4.14. The zero-order valence-corrected chi connectivity index (χ0v) is 17.1. The molecule has 2 aromatic carbocycles. The first-order valence-corrected chi connectivity index (χ1v) is 9.82. The maximum absolute atomic E-state index is 12.4. The largest absolute Gasteiger partial charge is 0.493 e. The van der Waals surface area contributed by atoms with Gasteiger partial charge in [0.2, 0.25) is 5.75 Å². The summed E-state index contributed by atoms with van der Waals surface area (Å²) in [6, 6.07) is 7.61. The van der Waals surface area contributed by atoms with Crippen LogP contribution in [0.2, 0.25) is 0 Å². The van der Waals surface area contributed by atoms with E-state index in [1.807, 2.05) is 24.5 Å². The number of aryl methyl sites for hydroxylation is 2.